The normalized spacial score (nSPS) is 34.0. The molecular weight excluding hydrogens is 256 g/mol. The number of aliphatic carboxylic acids is 1. The van der Waals surface area contributed by atoms with Gasteiger partial charge in [-0.05, 0) is 43.9 Å². The van der Waals surface area contributed by atoms with E-state index >= 15 is 0 Å². The van der Waals surface area contributed by atoms with Crippen LogP contribution in [0, 0.1) is 17.3 Å². The largest absolute Gasteiger partial charge is 0.481 e. The van der Waals surface area contributed by atoms with Gasteiger partial charge in [0.1, 0.15) is 0 Å². The second-order valence-electron chi connectivity index (χ2n) is 6.77. The van der Waals surface area contributed by atoms with Crippen LogP contribution in [0.1, 0.15) is 46.0 Å². The molecule has 0 aromatic heterocycles. The van der Waals surface area contributed by atoms with Gasteiger partial charge in [0.25, 0.3) is 0 Å². The molecule has 114 valence electrons. The summed E-state index contributed by atoms with van der Waals surface area (Å²) in [6.07, 6.45) is 4.24. The first-order valence-electron chi connectivity index (χ1n) is 7.69. The summed E-state index contributed by atoms with van der Waals surface area (Å²) >= 11 is 0. The van der Waals surface area contributed by atoms with Crippen molar-refractivity contribution in [2.45, 2.75) is 46.0 Å². The van der Waals surface area contributed by atoms with E-state index in [-0.39, 0.29) is 12.6 Å². The van der Waals surface area contributed by atoms with Gasteiger partial charge < -0.3 is 15.3 Å². The van der Waals surface area contributed by atoms with Crippen molar-refractivity contribution in [3.05, 3.63) is 0 Å². The number of rotatable bonds is 3. The highest BCUT2D eigenvalue weighted by atomic mass is 16.4. The van der Waals surface area contributed by atoms with Crippen molar-refractivity contribution in [3.63, 3.8) is 0 Å². The first kappa shape index (κ1) is 15.1. The Hall–Kier alpha value is -1.26. The van der Waals surface area contributed by atoms with Crippen LogP contribution in [-0.2, 0) is 4.79 Å². The van der Waals surface area contributed by atoms with Gasteiger partial charge in [0.05, 0.1) is 5.41 Å². The van der Waals surface area contributed by atoms with Crippen molar-refractivity contribution < 1.29 is 14.7 Å². The summed E-state index contributed by atoms with van der Waals surface area (Å²) < 4.78 is 0. The number of carboxylic acids is 1. The fourth-order valence-electron chi connectivity index (χ4n) is 3.26. The number of nitrogens with zero attached hydrogens (tertiary/aromatic N) is 1. The maximum atomic E-state index is 12.1. The third kappa shape index (κ3) is 3.25. The summed E-state index contributed by atoms with van der Waals surface area (Å²) in [5.74, 6) is 0.377. The molecule has 1 saturated heterocycles. The molecule has 1 atom stereocenters. The minimum Gasteiger partial charge on any atom is -0.481 e. The monoisotopic (exact) mass is 282 g/mol. The maximum absolute atomic E-state index is 12.1. The average Bonchev–Trinajstić information content (AvgIpc) is 2.84. The Morgan fingerprint density at radius 1 is 1.20 bits per heavy atom. The van der Waals surface area contributed by atoms with E-state index in [0.717, 1.165) is 32.4 Å². The molecule has 0 bridgehead atoms. The van der Waals surface area contributed by atoms with Crippen molar-refractivity contribution in [2.24, 2.45) is 17.3 Å². The number of urea groups is 1. The van der Waals surface area contributed by atoms with Crippen LogP contribution in [0.4, 0.5) is 4.79 Å². The summed E-state index contributed by atoms with van der Waals surface area (Å²) in [6, 6.07) is -0.103. The summed E-state index contributed by atoms with van der Waals surface area (Å²) in [5, 5.41) is 12.4. The van der Waals surface area contributed by atoms with Gasteiger partial charge in [0, 0.05) is 19.6 Å². The van der Waals surface area contributed by atoms with Crippen molar-refractivity contribution >= 4 is 12.0 Å². The van der Waals surface area contributed by atoms with Crippen LogP contribution in [0.5, 0.6) is 0 Å². The van der Waals surface area contributed by atoms with Crippen LogP contribution in [0.3, 0.4) is 0 Å². The van der Waals surface area contributed by atoms with Gasteiger partial charge in [-0.3, -0.25) is 4.79 Å². The Balaban J connectivity index is 1.89. The van der Waals surface area contributed by atoms with Crippen molar-refractivity contribution in [1.29, 1.82) is 0 Å². The Kier molecular flexibility index (Phi) is 4.55. The van der Waals surface area contributed by atoms with Gasteiger partial charge in [-0.15, -0.1) is 0 Å². The molecule has 2 rings (SSSR count). The molecular formula is C15H26N2O3. The zero-order valence-corrected chi connectivity index (χ0v) is 12.5. The number of carbonyl (C=O) groups is 2. The highest BCUT2D eigenvalue weighted by molar-refractivity contribution is 5.78. The van der Waals surface area contributed by atoms with Gasteiger partial charge >= 0.3 is 12.0 Å². The predicted octanol–water partition coefficient (Wildman–Crippen LogP) is 2.32. The number of hydrogen-bond donors (Lipinski definition) is 2. The van der Waals surface area contributed by atoms with Crippen LogP contribution >= 0.6 is 0 Å². The van der Waals surface area contributed by atoms with Gasteiger partial charge in [-0.25, -0.2) is 4.79 Å². The Morgan fingerprint density at radius 2 is 1.85 bits per heavy atom. The Labute approximate surface area is 120 Å². The fourth-order valence-corrected chi connectivity index (χ4v) is 3.26. The lowest BCUT2D eigenvalue weighted by molar-refractivity contribution is -0.151. The maximum Gasteiger partial charge on any atom is 0.317 e. The molecule has 2 aliphatic rings. The van der Waals surface area contributed by atoms with E-state index in [1.807, 2.05) is 0 Å². The highest BCUT2D eigenvalue weighted by Gasteiger charge is 2.41. The molecule has 1 unspecified atom stereocenters. The van der Waals surface area contributed by atoms with Gasteiger partial charge in [-0.2, -0.15) is 0 Å². The lowest BCUT2D eigenvalue weighted by Crippen LogP contribution is -2.48. The lowest BCUT2D eigenvalue weighted by atomic mass is 9.71. The number of nitrogens with one attached hydrogen (secondary N) is 1. The zero-order chi connectivity index (χ0) is 14.8. The van der Waals surface area contributed by atoms with E-state index < -0.39 is 11.4 Å². The van der Waals surface area contributed by atoms with Crippen LogP contribution in [0.15, 0.2) is 0 Å². The SMILES string of the molecule is CC1CCC(CNC(=O)N2CCC(C)C2)(C(=O)O)CC1. The van der Waals surface area contributed by atoms with E-state index in [1.54, 1.807) is 4.90 Å². The molecule has 0 aromatic rings. The number of hydrogen-bond acceptors (Lipinski definition) is 2. The highest BCUT2D eigenvalue weighted by Crippen LogP contribution is 2.38. The fraction of sp³-hybridized carbons (Fsp3) is 0.867. The molecule has 0 spiro atoms. The molecule has 2 amide bonds. The molecule has 20 heavy (non-hydrogen) atoms. The minimum atomic E-state index is -0.764. The summed E-state index contributed by atoms with van der Waals surface area (Å²) in [4.78, 5) is 25.5. The topological polar surface area (TPSA) is 69.6 Å². The van der Waals surface area contributed by atoms with Crippen LogP contribution in [0.25, 0.3) is 0 Å². The second kappa shape index (κ2) is 6.02. The minimum absolute atomic E-state index is 0.103. The molecule has 1 aliphatic heterocycles. The van der Waals surface area contributed by atoms with Crippen molar-refractivity contribution in [2.75, 3.05) is 19.6 Å². The van der Waals surface area contributed by atoms with E-state index in [1.165, 1.54) is 0 Å². The van der Waals surface area contributed by atoms with Crippen LogP contribution < -0.4 is 5.32 Å². The van der Waals surface area contributed by atoms with Crippen LogP contribution in [-0.4, -0.2) is 41.6 Å². The summed E-state index contributed by atoms with van der Waals surface area (Å²) in [5.41, 5.74) is -0.756. The molecule has 0 radical (unpaired) electrons. The van der Waals surface area contributed by atoms with Gasteiger partial charge in [0.15, 0.2) is 0 Å². The molecule has 0 aromatic carbocycles. The first-order valence-corrected chi connectivity index (χ1v) is 7.69. The average molecular weight is 282 g/mol. The number of amides is 2. The summed E-state index contributed by atoms with van der Waals surface area (Å²) in [6.45, 7) is 6.12. The number of likely N-dealkylation sites (tertiary alicyclic amines) is 1. The second-order valence-corrected chi connectivity index (χ2v) is 6.77. The summed E-state index contributed by atoms with van der Waals surface area (Å²) in [7, 11) is 0. The molecule has 1 saturated carbocycles. The van der Waals surface area contributed by atoms with Crippen molar-refractivity contribution in [3.8, 4) is 0 Å². The lowest BCUT2D eigenvalue weighted by Gasteiger charge is -2.36. The van der Waals surface area contributed by atoms with Gasteiger partial charge in [0.2, 0.25) is 0 Å². The van der Waals surface area contributed by atoms with Crippen molar-refractivity contribution in [1.82, 2.24) is 10.2 Å². The van der Waals surface area contributed by atoms with E-state index in [9.17, 15) is 14.7 Å². The zero-order valence-electron chi connectivity index (χ0n) is 12.5. The molecule has 1 heterocycles. The van der Waals surface area contributed by atoms with E-state index in [0.29, 0.717) is 24.7 Å². The molecule has 5 heteroatoms. The number of carboxylic acid groups (broad SMARTS) is 1. The number of carbonyl (C=O) groups excluding carboxylic acids is 1. The quantitative estimate of drug-likeness (QED) is 0.834. The molecule has 1 aliphatic carbocycles. The molecule has 2 N–H and O–H groups in total. The van der Waals surface area contributed by atoms with Crippen LogP contribution in [0.2, 0.25) is 0 Å². The van der Waals surface area contributed by atoms with E-state index in [4.69, 9.17) is 0 Å². The standard InChI is InChI=1S/C15H26N2O3/c1-11-3-6-15(7-4-11,13(18)19)10-16-14(20)17-8-5-12(2)9-17/h11-12H,3-10H2,1-2H3,(H,16,20)(H,18,19). The third-order valence-corrected chi connectivity index (χ3v) is 4.97. The Bertz CT molecular complexity index is 375. The molecule has 5 nitrogen and oxygen atoms in total. The first-order chi connectivity index (χ1) is 9.43. The van der Waals surface area contributed by atoms with Gasteiger partial charge in [-0.1, -0.05) is 13.8 Å². The Morgan fingerprint density at radius 3 is 2.35 bits per heavy atom. The smallest absolute Gasteiger partial charge is 0.317 e. The third-order valence-electron chi connectivity index (χ3n) is 4.97. The van der Waals surface area contributed by atoms with E-state index in [2.05, 4.69) is 19.2 Å². The molecule has 2 fully saturated rings. The predicted molar refractivity (Wildman–Crippen MR) is 76.5 cm³/mol.